The molecule has 1 aromatic carbocycles. The van der Waals surface area contributed by atoms with Crippen molar-refractivity contribution in [3.8, 4) is 5.88 Å². The molecule has 3 aromatic rings. The number of fused-ring (bicyclic) bond motifs is 1. The van der Waals surface area contributed by atoms with Crippen LogP contribution in [0.3, 0.4) is 0 Å². The molecule has 3 heterocycles. The van der Waals surface area contributed by atoms with Crippen molar-refractivity contribution in [2.75, 3.05) is 43.5 Å². The molecule has 0 atom stereocenters. The van der Waals surface area contributed by atoms with Gasteiger partial charge in [0.1, 0.15) is 0 Å². The van der Waals surface area contributed by atoms with Gasteiger partial charge in [0.05, 0.1) is 35.7 Å². The fourth-order valence-electron chi connectivity index (χ4n) is 3.16. The first kappa shape index (κ1) is 16.5. The van der Waals surface area contributed by atoms with E-state index >= 15 is 0 Å². The lowest BCUT2D eigenvalue weighted by atomic mass is 10.2. The molecule has 1 fully saturated rings. The summed E-state index contributed by atoms with van der Waals surface area (Å²) in [5, 5.41) is 6.90. The fraction of sp³-hybridized carbons (Fsp3) is 0.316. The van der Waals surface area contributed by atoms with Gasteiger partial charge in [0.2, 0.25) is 5.88 Å². The van der Waals surface area contributed by atoms with Gasteiger partial charge < -0.3 is 20.3 Å². The maximum atomic E-state index is 5.32. The van der Waals surface area contributed by atoms with Gasteiger partial charge in [-0.25, -0.2) is 4.98 Å². The summed E-state index contributed by atoms with van der Waals surface area (Å²) >= 11 is 0. The molecule has 0 unspecified atom stereocenters. The van der Waals surface area contributed by atoms with E-state index in [9.17, 15) is 0 Å². The van der Waals surface area contributed by atoms with Crippen molar-refractivity contribution in [2.45, 2.75) is 6.54 Å². The highest BCUT2D eigenvalue weighted by molar-refractivity contribution is 5.75. The molecule has 2 aromatic heterocycles. The van der Waals surface area contributed by atoms with Gasteiger partial charge in [0, 0.05) is 51.2 Å². The Labute approximate surface area is 152 Å². The first-order valence-electron chi connectivity index (χ1n) is 8.77. The summed E-state index contributed by atoms with van der Waals surface area (Å²) in [6.07, 6.45) is 5.27. The topological polar surface area (TPSA) is 75.2 Å². The van der Waals surface area contributed by atoms with Crippen molar-refractivity contribution in [2.24, 2.45) is 0 Å². The van der Waals surface area contributed by atoms with E-state index < -0.39 is 0 Å². The molecular weight excluding hydrogens is 328 g/mol. The zero-order valence-corrected chi connectivity index (χ0v) is 14.8. The maximum Gasteiger partial charge on any atom is 0.215 e. The first-order valence-corrected chi connectivity index (χ1v) is 8.77. The molecule has 26 heavy (non-hydrogen) atoms. The standard InChI is InChI=1S/C19H22N6O/c1-26-19-11-18(25-8-6-20-7-9-25)17(13-24-19)23-12-14-2-3-15-16(10-14)22-5-4-21-15/h2-5,10-11,13,20,23H,6-9,12H2,1H3. The van der Waals surface area contributed by atoms with Crippen LogP contribution in [0.1, 0.15) is 5.56 Å². The number of pyridine rings is 1. The van der Waals surface area contributed by atoms with E-state index in [1.54, 1.807) is 19.5 Å². The molecule has 7 heteroatoms. The molecular formula is C19H22N6O. The monoisotopic (exact) mass is 350 g/mol. The summed E-state index contributed by atoms with van der Waals surface area (Å²) in [5.41, 5.74) is 5.09. The summed E-state index contributed by atoms with van der Waals surface area (Å²) in [6, 6.07) is 8.14. The van der Waals surface area contributed by atoms with Crippen LogP contribution in [0, 0.1) is 0 Å². The highest BCUT2D eigenvalue weighted by Gasteiger charge is 2.16. The third kappa shape index (κ3) is 3.52. The van der Waals surface area contributed by atoms with E-state index in [0.717, 1.165) is 54.2 Å². The van der Waals surface area contributed by atoms with Crippen molar-refractivity contribution in [1.29, 1.82) is 0 Å². The Balaban J connectivity index is 1.56. The van der Waals surface area contributed by atoms with Crippen molar-refractivity contribution in [1.82, 2.24) is 20.3 Å². The van der Waals surface area contributed by atoms with Crippen molar-refractivity contribution >= 4 is 22.4 Å². The van der Waals surface area contributed by atoms with Crippen LogP contribution in [0.5, 0.6) is 5.88 Å². The number of aromatic nitrogens is 3. The second-order valence-corrected chi connectivity index (χ2v) is 6.21. The molecule has 0 spiro atoms. The van der Waals surface area contributed by atoms with Crippen LogP contribution in [0.25, 0.3) is 11.0 Å². The number of hydrogen-bond donors (Lipinski definition) is 2. The van der Waals surface area contributed by atoms with Crippen molar-refractivity contribution in [3.05, 3.63) is 48.4 Å². The SMILES string of the molecule is COc1cc(N2CCNCC2)c(NCc2ccc3nccnc3c2)cn1. The molecule has 7 nitrogen and oxygen atoms in total. The summed E-state index contributed by atoms with van der Waals surface area (Å²) < 4.78 is 5.32. The van der Waals surface area contributed by atoms with Gasteiger partial charge in [-0.2, -0.15) is 0 Å². The third-order valence-electron chi connectivity index (χ3n) is 4.54. The molecule has 1 saturated heterocycles. The normalized spacial score (nSPS) is 14.4. The second kappa shape index (κ2) is 7.53. The van der Waals surface area contributed by atoms with Crippen LogP contribution in [0.4, 0.5) is 11.4 Å². The minimum Gasteiger partial charge on any atom is -0.481 e. The zero-order chi connectivity index (χ0) is 17.8. The Morgan fingerprint density at radius 1 is 1.08 bits per heavy atom. The average molecular weight is 350 g/mol. The first-order chi connectivity index (χ1) is 12.8. The third-order valence-corrected chi connectivity index (χ3v) is 4.54. The molecule has 0 radical (unpaired) electrons. The maximum absolute atomic E-state index is 5.32. The Morgan fingerprint density at radius 2 is 1.88 bits per heavy atom. The number of nitrogens with one attached hydrogen (secondary N) is 2. The van der Waals surface area contributed by atoms with Gasteiger partial charge >= 0.3 is 0 Å². The molecule has 1 aliphatic heterocycles. The van der Waals surface area contributed by atoms with Gasteiger partial charge in [-0.1, -0.05) is 6.07 Å². The van der Waals surface area contributed by atoms with E-state index in [0.29, 0.717) is 12.4 Å². The summed E-state index contributed by atoms with van der Waals surface area (Å²) in [4.78, 5) is 15.4. The number of methoxy groups -OCH3 is 1. The van der Waals surface area contributed by atoms with Crippen molar-refractivity contribution < 1.29 is 4.74 Å². The smallest absolute Gasteiger partial charge is 0.215 e. The van der Waals surface area contributed by atoms with Gasteiger partial charge in [0.25, 0.3) is 0 Å². The molecule has 0 bridgehead atoms. The molecule has 1 aliphatic rings. The van der Waals surface area contributed by atoms with E-state index in [1.807, 2.05) is 18.3 Å². The van der Waals surface area contributed by atoms with Gasteiger partial charge in [-0.05, 0) is 17.7 Å². The Morgan fingerprint density at radius 3 is 2.69 bits per heavy atom. The highest BCUT2D eigenvalue weighted by atomic mass is 16.5. The molecule has 4 rings (SSSR count). The summed E-state index contributed by atoms with van der Waals surface area (Å²) in [5.74, 6) is 0.630. The lowest BCUT2D eigenvalue weighted by Crippen LogP contribution is -2.43. The molecule has 134 valence electrons. The minimum absolute atomic E-state index is 0.630. The lowest BCUT2D eigenvalue weighted by Gasteiger charge is -2.31. The van der Waals surface area contributed by atoms with Gasteiger partial charge in [-0.3, -0.25) is 9.97 Å². The highest BCUT2D eigenvalue weighted by Crippen LogP contribution is 2.29. The van der Waals surface area contributed by atoms with Crippen LogP contribution >= 0.6 is 0 Å². The predicted molar refractivity (Wildman–Crippen MR) is 103 cm³/mol. The van der Waals surface area contributed by atoms with Gasteiger partial charge in [-0.15, -0.1) is 0 Å². The largest absolute Gasteiger partial charge is 0.481 e. The van der Waals surface area contributed by atoms with E-state index in [4.69, 9.17) is 4.74 Å². The predicted octanol–water partition coefficient (Wildman–Crippen LogP) is 2.06. The number of rotatable bonds is 5. The van der Waals surface area contributed by atoms with Gasteiger partial charge in [0.15, 0.2) is 0 Å². The zero-order valence-electron chi connectivity index (χ0n) is 14.8. The number of anilines is 2. The number of benzene rings is 1. The number of nitrogens with zero attached hydrogens (tertiary/aromatic N) is 4. The number of piperazine rings is 1. The van der Waals surface area contributed by atoms with Crippen LogP contribution in [0.2, 0.25) is 0 Å². The van der Waals surface area contributed by atoms with Crippen LogP contribution in [-0.4, -0.2) is 48.2 Å². The number of ether oxygens (including phenoxy) is 1. The van der Waals surface area contributed by atoms with Crippen LogP contribution in [-0.2, 0) is 6.54 Å². The molecule has 0 saturated carbocycles. The fourth-order valence-corrected chi connectivity index (χ4v) is 3.16. The van der Waals surface area contributed by atoms with E-state index in [2.05, 4.69) is 42.6 Å². The minimum atomic E-state index is 0.630. The number of hydrogen-bond acceptors (Lipinski definition) is 7. The quantitative estimate of drug-likeness (QED) is 0.729. The Kier molecular flexibility index (Phi) is 4.79. The van der Waals surface area contributed by atoms with E-state index in [1.165, 1.54) is 0 Å². The molecule has 2 N–H and O–H groups in total. The lowest BCUT2D eigenvalue weighted by molar-refractivity contribution is 0.398. The van der Waals surface area contributed by atoms with Crippen LogP contribution < -0.4 is 20.3 Å². The molecule has 0 amide bonds. The van der Waals surface area contributed by atoms with Crippen molar-refractivity contribution in [3.63, 3.8) is 0 Å². The second-order valence-electron chi connectivity index (χ2n) is 6.21. The molecule has 0 aliphatic carbocycles. The average Bonchev–Trinajstić information content (AvgIpc) is 2.72. The Hall–Kier alpha value is -2.93. The van der Waals surface area contributed by atoms with Crippen LogP contribution in [0.15, 0.2) is 42.9 Å². The summed E-state index contributed by atoms with van der Waals surface area (Å²) in [7, 11) is 1.65. The summed E-state index contributed by atoms with van der Waals surface area (Å²) in [6.45, 7) is 4.58. The Bertz CT molecular complexity index is 894. The van der Waals surface area contributed by atoms with E-state index in [-0.39, 0.29) is 0 Å².